The van der Waals surface area contributed by atoms with Crippen molar-refractivity contribution in [3.8, 4) is 55.6 Å². The first kappa shape index (κ1) is 32.0. The largest absolute Gasteiger partial charge is 0.309 e. The molecule has 9 aromatic carbocycles. The van der Waals surface area contributed by atoms with Gasteiger partial charge in [0, 0.05) is 16.8 Å². The van der Waals surface area contributed by atoms with Crippen LogP contribution < -0.4 is 4.90 Å². The summed E-state index contributed by atoms with van der Waals surface area (Å²) >= 11 is 0. The van der Waals surface area contributed by atoms with Crippen molar-refractivity contribution < 1.29 is 0 Å². The zero-order valence-electron chi connectivity index (χ0n) is 29.3. The van der Waals surface area contributed by atoms with E-state index in [1.807, 2.05) is 0 Å². The van der Waals surface area contributed by atoms with Crippen LogP contribution in [0.3, 0.4) is 0 Å². The van der Waals surface area contributed by atoms with Crippen molar-refractivity contribution >= 4 is 27.8 Å². The molecule has 9 aromatic rings. The van der Waals surface area contributed by atoms with Gasteiger partial charge in [-0.3, -0.25) is 0 Å². The highest BCUT2D eigenvalue weighted by atomic mass is 15.1. The average Bonchev–Trinajstić information content (AvgIpc) is 3.25. The summed E-state index contributed by atoms with van der Waals surface area (Å²) in [5.41, 5.74) is 15.2. The highest BCUT2D eigenvalue weighted by Crippen LogP contribution is 2.47. The normalized spacial score (nSPS) is 11.0. The van der Waals surface area contributed by atoms with E-state index in [2.05, 4.69) is 229 Å². The summed E-state index contributed by atoms with van der Waals surface area (Å²) in [4.78, 5) is 2.45. The van der Waals surface area contributed by atoms with Gasteiger partial charge in [0.25, 0.3) is 0 Å². The Labute approximate surface area is 311 Å². The zero-order chi connectivity index (χ0) is 35.4. The molecule has 0 radical (unpaired) electrons. The van der Waals surface area contributed by atoms with E-state index in [9.17, 15) is 0 Å². The number of rotatable bonds is 8. The van der Waals surface area contributed by atoms with Crippen molar-refractivity contribution in [1.29, 1.82) is 0 Å². The standard InChI is InChI=1S/C52H37N/c1-3-19-39(20-4-1)45-26-9-10-28-47(45)48-29-11-12-30-49(48)50-31-14-16-33-52(50)53(51-32-15-13-27-46(51)40-21-5-2-6-22-40)44-25-17-24-42(37-44)43-35-34-38-18-7-8-23-41(38)36-43/h1-37H. The quantitative estimate of drug-likeness (QED) is 0.155. The van der Waals surface area contributed by atoms with Crippen LogP contribution in [-0.4, -0.2) is 0 Å². The van der Waals surface area contributed by atoms with E-state index in [1.165, 1.54) is 60.8 Å². The summed E-state index contributed by atoms with van der Waals surface area (Å²) in [5, 5.41) is 2.48. The summed E-state index contributed by atoms with van der Waals surface area (Å²) in [6.45, 7) is 0. The molecule has 0 aliphatic rings. The Bertz CT molecular complexity index is 2670. The molecule has 0 saturated carbocycles. The van der Waals surface area contributed by atoms with Crippen LogP contribution in [0.25, 0.3) is 66.4 Å². The van der Waals surface area contributed by atoms with Crippen LogP contribution in [-0.2, 0) is 0 Å². The second-order valence-corrected chi connectivity index (χ2v) is 13.3. The third-order valence-corrected chi connectivity index (χ3v) is 10.1. The Morgan fingerprint density at radius 1 is 0.226 bits per heavy atom. The van der Waals surface area contributed by atoms with Crippen molar-refractivity contribution in [1.82, 2.24) is 0 Å². The molecule has 0 aromatic heterocycles. The van der Waals surface area contributed by atoms with Crippen LogP contribution >= 0.6 is 0 Å². The summed E-state index contributed by atoms with van der Waals surface area (Å²) in [5.74, 6) is 0. The van der Waals surface area contributed by atoms with Gasteiger partial charge in [0.1, 0.15) is 0 Å². The van der Waals surface area contributed by atoms with E-state index in [0.717, 1.165) is 22.6 Å². The van der Waals surface area contributed by atoms with Crippen molar-refractivity contribution in [2.45, 2.75) is 0 Å². The van der Waals surface area contributed by atoms with Gasteiger partial charge < -0.3 is 4.90 Å². The van der Waals surface area contributed by atoms with Gasteiger partial charge in [-0.25, -0.2) is 0 Å². The minimum absolute atomic E-state index is 1.09. The summed E-state index contributed by atoms with van der Waals surface area (Å²) in [7, 11) is 0. The Kier molecular flexibility index (Phi) is 8.66. The summed E-state index contributed by atoms with van der Waals surface area (Å²) < 4.78 is 0. The van der Waals surface area contributed by atoms with Crippen molar-refractivity contribution in [2.75, 3.05) is 4.90 Å². The molecule has 0 spiro atoms. The van der Waals surface area contributed by atoms with Gasteiger partial charge in [0.05, 0.1) is 11.4 Å². The lowest BCUT2D eigenvalue weighted by atomic mass is 9.88. The SMILES string of the molecule is c1ccc(-c2ccccc2-c2ccccc2-c2ccccc2N(c2cccc(-c3ccc4ccccc4c3)c2)c2ccccc2-c2ccccc2)cc1. The number of nitrogens with zero attached hydrogens (tertiary/aromatic N) is 1. The lowest BCUT2D eigenvalue weighted by molar-refractivity contribution is 1.28. The van der Waals surface area contributed by atoms with E-state index >= 15 is 0 Å². The van der Waals surface area contributed by atoms with Gasteiger partial charge in [-0.05, 0) is 85.6 Å². The maximum atomic E-state index is 2.45. The van der Waals surface area contributed by atoms with Crippen LogP contribution in [0, 0.1) is 0 Å². The van der Waals surface area contributed by atoms with Crippen molar-refractivity contribution in [3.05, 3.63) is 224 Å². The van der Waals surface area contributed by atoms with Gasteiger partial charge in [0.2, 0.25) is 0 Å². The van der Waals surface area contributed by atoms with E-state index in [4.69, 9.17) is 0 Å². The molecule has 1 heteroatoms. The van der Waals surface area contributed by atoms with Crippen LogP contribution in [0.5, 0.6) is 0 Å². The molecule has 9 rings (SSSR count). The lowest BCUT2D eigenvalue weighted by Crippen LogP contribution is -2.12. The van der Waals surface area contributed by atoms with Gasteiger partial charge in [-0.2, -0.15) is 0 Å². The van der Waals surface area contributed by atoms with Crippen LogP contribution in [0.1, 0.15) is 0 Å². The Balaban J connectivity index is 1.27. The third kappa shape index (κ3) is 6.30. The van der Waals surface area contributed by atoms with Crippen molar-refractivity contribution in [3.63, 3.8) is 0 Å². The molecule has 0 aliphatic heterocycles. The van der Waals surface area contributed by atoms with Gasteiger partial charge >= 0.3 is 0 Å². The Morgan fingerprint density at radius 3 is 1.34 bits per heavy atom. The number of benzene rings is 9. The highest BCUT2D eigenvalue weighted by Gasteiger charge is 2.22. The Hall–Kier alpha value is -6.96. The van der Waals surface area contributed by atoms with E-state index in [-0.39, 0.29) is 0 Å². The van der Waals surface area contributed by atoms with E-state index in [1.54, 1.807) is 0 Å². The van der Waals surface area contributed by atoms with Gasteiger partial charge in [-0.15, -0.1) is 0 Å². The molecule has 0 N–H and O–H groups in total. The molecule has 0 heterocycles. The second-order valence-electron chi connectivity index (χ2n) is 13.3. The van der Waals surface area contributed by atoms with Gasteiger partial charge in [0.15, 0.2) is 0 Å². The van der Waals surface area contributed by atoms with Crippen LogP contribution in [0.2, 0.25) is 0 Å². The Morgan fingerprint density at radius 2 is 0.660 bits per heavy atom. The molecule has 0 atom stereocenters. The molecule has 0 aliphatic carbocycles. The predicted molar refractivity (Wildman–Crippen MR) is 226 cm³/mol. The molecule has 0 saturated heterocycles. The second kappa shape index (κ2) is 14.3. The average molecular weight is 676 g/mol. The van der Waals surface area contributed by atoms with E-state index in [0.29, 0.717) is 0 Å². The highest BCUT2D eigenvalue weighted by molar-refractivity contribution is 5.99. The maximum Gasteiger partial charge on any atom is 0.0540 e. The topological polar surface area (TPSA) is 3.24 Å². The minimum Gasteiger partial charge on any atom is -0.309 e. The zero-order valence-corrected chi connectivity index (χ0v) is 29.3. The molecule has 0 bridgehead atoms. The lowest BCUT2D eigenvalue weighted by Gasteiger charge is -2.30. The third-order valence-electron chi connectivity index (χ3n) is 10.1. The molecular formula is C52H37N. The first-order valence-electron chi connectivity index (χ1n) is 18.2. The molecule has 0 fully saturated rings. The number of hydrogen-bond acceptors (Lipinski definition) is 1. The fourth-order valence-electron chi connectivity index (χ4n) is 7.57. The van der Waals surface area contributed by atoms with E-state index < -0.39 is 0 Å². The molecule has 1 nitrogen and oxygen atoms in total. The number of para-hydroxylation sites is 2. The smallest absolute Gasteiger partial charge is 0.0540 e. The number of hydrogen-bond donors (Lipinski definition) is 0. The number of fused-ring (bicyclic) bond motifs is 1. The van der Waals surface area contributed by atoms with Crippen LogP contribution in [0.4, 0.5) is 17.1 Å². The minimum atomic E-state index is 1.09. The first-order chi connectivity index (χ1) is 26.3. The fourth-order valence-corrected chi connectivity index (χ4v) is 7.57. The molecule has 0 unspecified atom stereocenters. The molecule has 250 valence electrons. The molecular weight excluding hydrogens is 639 g/mol. The molecule has 53 heavy (non-hydrogen) atoms. The van der Waals surface area contributed by atoms with Crippen molar-refractivity contribution in [2.24, 2.45) is 0 Å². The maximum absolute atomic E-state index is 2.45. The fraction of sp³-hybridized carbons (Fsp3) is 0. The monoisotopic (exact) mass is 675 g/mol. The first-order valence-corrected chi connectivity index (χ1v) is 18.2. The summed E-state index contributed by atoms with van der Waals surface area (Å²) in [6, 6.07) is 80.9. The number of anilines is 3. The van der Waals surface area contributed by atoms with Gasteiger partial charge in [-0.1, -0.05) is 194 Å². The van der Waals surface area contributed by atoms with Crippen LogP contribution in [0.15, 0.2) is 224 Å². The predicted octanol–water partition coefficient (Wildman–Crippen LogP) is 14.6. The summed E-state index contributed by atoms with van der Waals surface area (Å²) in [6.07, 6.45) is 0. The molecule has 0 amide bonds.